The fourth-order valence-corrected chi connectivity index (χ4v) is 2.49. The molecule has 3 rings (SSSR count). The molecule has 7 nitrogen and oxygen atoms in total. The Kier molecular flexibility index (Phi) is 4.72. The first-order valence-electron chi connectivity index (χ1n) is 7.84. The van der Waals surface area contributed by atoms with Crippen molar-refractivity contribution in [1.29, 1.82) is 0 Å². The molecule has 0 amide bonds. The number of aliphatic imine (C=N–C) groups is 1. The van der Waals surface area contributed by atoms with Crippen LogP contribution in [0.15, 0.2) is 76.6 Å². The Balaban J connectivity index is 2.03. The minimum Gasteiger partial charge on any atom is -0.506 e. The van der Waals surface area contributed by atoms with Crippen LogP contribution in [0.4, 0.5) is 22.7 Å². The van der Waals surface area contributed by atoms with E-state index in [0.717, 1.165) is 6.08 Å². The van der Waals surface area contributed by atoms with Gasteiger partial charge in [0, 0.05) is 28.7 Å². The molecule has 0 aliphatic heterocycles. The molecule has 1 aliphatic rings. The summed E-state index contributed by atoms with van der Waals surface area (Å²) in [5.74, 6) is -0.765. The lowest BCUT2D eigenvalue weighted by molar-refractivity contribution is -0.109. The van der Waals surface area contributed by atoms with Gasteiger partial charge in [-0.2, -0.15) is 0 Å². The standard InChI is InChI=1S/C19H18N4O3/c20-11-1-5-13(6-2-11)22-18-15(10-24)19(17(26)9-16(18)25)23-14-7-3-12(21)4-8-14/h1-9,22,24-25H,10,20-21H2. The minimum absolute atomic E-state index is 0.0491. The molecule has 0 atom stereocenters. The number of carbonyl (C=O) groups is 1. The molecule has 0 fully saturated rings. The maximum Gasteiger partial charge on any atom is 0.208 e. The van der Waals surface area contributed by atoms with Gasteiger partial charge in [-0.25, -0.2) is 4.99 Å². The van der Waals surface area contributed by atoms with Gasteiger partial charge in [0.1, 0.15) is 11.5 Å². The van der Waals surface area contributed by atoms with Crippen molar-refractivity contribution in [3.05, 3.63) is 71.6 Å². The number of nitrogens with one attached hydrogen (secondary N) is 1. The fourth-order valence-electron chi connectivity index (χ4n) is 2.49. The first kappa shape index (κ1) is 17.2. The van der Waals surface area contributed by atoms with Crippen molar-refractivity contribution in [2.24, 2.45) is 4.99 Å². The van der Waals surface area contributed by atoms with E-state index < -0.39 is 12.4 Å². The summed E-state index contributed by atoms with van der Waals surface area (Å²) in [6.07, 6.45) is 1.06. The summed E-state index contributed by atoms with van der Waals surface area (Å²) in [6.45, 7) is -0.477. The van der Waals surface area contributed by atoms with E-state index in [1.807, 2.05) is 0 Å². The molecular weight excluding hydrogens is 332 g/mol. The number of aliphatic hydroxyl groups excluding tert-OH is 2. The minimum atomic E-state index is -0.494. The van der Waals surface area contributed by atoms with Crippen LogP contribution in [-0.2, 0) is 4.79 Å². The monoisotopic (exact) mass is 350 g/mol. The van der Waals surface area contributed by atoms with Crippen molar-refractivity contribution in [3.63, 3.8) is 0 Å². The van der Waals surface area contributed by atoms with Gasteiger partial charge < -0.3 is 27.0 Å². The highest BCUT2D eigenvalue weighted by Gasteiger charge is 2.26. The Morgan fingerprint density at radius 3 is 2.12 bits per heavy atom. The molecule has 7 heteroatoms. The molecule has 0 saturated carbocycles. The average molecular weight is 350 g/mol. The van der Waals surface area contributed by atoms with Gasteiger partial charge in [-0.05, 0) is 48.5 Å². The Morgan fingerprint density at radius 1 is 0.962 bits per heavy atom. The second-order valence-corrected chi connectivity index (χ2v) is 5.70. The Hall–Kier alpha value is -3.58. The molecule has 0 saturated heterocycles. The van der Waals surface area contributed by atoms with E-state index >= 15 is 0 Å². The first-order chi connectivity index (χ1) is 12.5. The largest absolute Gasteiger partial charge is 0.506 e. The molecule has 2 aromatic rings. The zero-order valence-corrected chi connectivity index (χ0v) is 13.8. The van der Waals surface area contributed by atoms with Crippen molar-refractivity contribution in [1.82, 2.24) is 0 Å². The van der Waals surface area contributed by atoms with Crippen molar-refractivity contribution in [2.75, 3.05) is 23.4 Å². The van der Waals surface area contributed by atoms with Gasteiger partial charge in [0.25, 0.3) is 0 Å². The van der Waals surface area contributed by atoms with E-state index in [2.05, 4.69) is 10.3 Å². The lowest BCUT2D eigenvalue weighted by Gasteiger charge is -2.20. The number of rotatable bonds is 4. The first-order valence-corrected chi connectivity index (χ1v) is 7.84. The van der Waals surface area contributed by atoms with Crippen LogP contribution in [0.2, 0.25) is 0 Å². The summed E-state index contributed by atoms with van der Waals surface area (Å²) in [4.78, 5) is 16.6. The second kappa shape index (κ2) is 7.12. The third kappa shape index (κ3) is 3.57. The number of allylic oxidation sites excluding steroid dienone is 1. The van der Waals surface area contributed by atoms with Gasteiger partial charge in [0.05, 0.1) is 18.0 Å². The summed E-state index contributed by atoms with van der Waals surface area (Å²) < 4.78 is 0. The van der Waals surface area contributed by atoms with Crippen molar-refractivity contribution in [3.8, 4) is 0 Å². The number of aliphatic hydroxyl groups is 2. The van der Waals surface area contributed by atoms with Crippen LogP contribution in [0.1, 0.15) is 0 Å². The number of hydrogen-bond donors (Lipinski definition) is 5. The van der Waals surface area contributed by atoms with Crippen molar-refractivity contribution in [2.45, 2.75) is 0 Å². The van der Waals surface area contributed by atoms with E-state index in [9.17, 15) is 15.0 Å². The topological polar surface area (TPSA) is 134 Å². The van der Waals surface area contributed by atoms with Crippen molar-refractivity contribution < 1.29 is 15.0 Å². The van der Waals surface area contributed by atoms with E-state index in [1.54, 1.807) is 48.5 Å². The summed E-state index contributed by atoms with van der Waals surface area (Å²) in [7, 11) is 0. The quantitative estimate of drug-likeness (QED) is 0.424. The third-order valence-electron chi connectivity index (χ3n) is 3.82. The van der Waals surface area contributed by atoms with E-state index in [0.29, 0.717) is 22.7 Å². The highest BCUT2D eigenvalue weighted by atomic mass is 16.3. The van der Waals surface area contributed by atoms with Gasteiger partial charge in [-0.1, -0.05) is 0 Å². The second-order valence-electron chi connectivity index (χ2n) is 5.70. The van der Waals surface area contributed by atoms with Crippen molar-refractivity contribution >= 4 is 34.2 Å². The highest BCUT2D eigenvalue weighted by molar-refractivity contribution is 6.51. The number of ketones is 1. The maximum absolute atomic E-state index is 12.3. The molecule has 0 spiro atoms. The average Bonchev–Trinajstić information content (AvgIpc) is 2.62. The van der Waals surface area contributed by atoms with Gasteiger partial charge in [0.2, 0.25) is 5.78 Å². The van der Waals surface area contributed by atoms with Gasteiger partial charge in [-0.15, -0.1) is 0 Å². The third-order valence-corrected chi connectivity index (χ3v) is 3.82. The molecule has 0 aromatic heterocycles. The normalized spacial score (nSPS) is 16.0. The maximum atomic E-state index is 12.3. The number of nitrogen functional groups attached to an aromatic ring is 2. The van der Waals surface area contributed by atoms with Crippen LogP contribution in [-0.4, -0.2) is 28.3 Å². The van der Waals surface area contributed by atoms with Crippen LogP contribution in [0.25, 0.3) is 0 Å². The predicted molar refractivity (Wildman–Crippen MR) is 102 cm³/mol. The van der Waals surface area contributed by atoms with Gasteiger partial charge in [0.15, 0.2) is 0 Å². The summed E-state index contributed by atoms with van der Waals surface area (Å²) in [6, 6.07) is 13.5. The molecule has 0 bridgehead atoms. The predicted octanol–water partition coefficient (Wildman–Crippen LogP) is 2.31. The SMILES string of the molecule is Nc1ccc(N=C2C(=O)C=C(O)C(Nc3ccc(N)cc3)=C2CO)cc1. The molecule has 1 aliphatic carbocycles. The van der Waals surface area contributed by atoms with Crippen LogP contribution in [0.5, 0.6) is 0 Å². The lowest BCUT2D eigenvalue weighted by Crippen LogP contribution is -2.26. The van der Waals surface area contributed by atoms with Gasteiger partial charge >= 0.3 is 0 Å². The van der Waals surface area contributed by atoms with E-state index in [4.69, 9.17) is 11.5 Å². The molecule has 0 unspecified atom stereocenters. The van der Waals surface area contributed by atoms with Crippen LogP contribution < -0.4 is 16.8 Å². The Morgan fingerprint density at radius 2 is 1.54 bits per heavy atom. The van der Waals surface area contributed by atoms with Gasteiger partial charge in [-0.3, -0.25) is 4.79 Å². The Bertz CT molecular complexity index is 926. The zero-order chi connectivity index (χ0) is 18.7. The van der Waals surface area contributed by atoms with Crippen LogP contribution in [0, 0.1) is 0 Å². The molecule has 7 N–H and O–H groups in total. The van der Waals surface area contributed by atoms with E-state index in [-0.39, 0.29) is 22.7 Å². The molecule has 132 valence electrons. The number of hydrogen-bond acceptors (Lipinski definition) is 7. The molecule has 26 heavy (non-hydrogen) atoms. The molecule has 0 heterocycles. The Labute approximate surface area is 150 Å². The number of anilines is 3. The number of carbonyl (C=O) groups excluding carboxylic acids is 1. The summed E-state index contributed by atoms with van der Waals surface area (Å²) >= 11 is 0. The summed E-state index contributed by atoms with van der Waals surface area (Å²) in [5.41, 5.74) is 14.1. The molecule has 0 radical (unpaired) electrons. The molecular formula is C19H18N4O3. The van der Waals surface area contributed by atoms with Crippen LogP contribution >= 0.6 is 0 Å². The number of benzene rings is 2. The lowest BCUT2D eigenvalue weighted by atomic mass is 9.97. The fraction of sp³-hybridized carbons (Fsp3) is 0.0526. The zero-order valence-electron chi connectivity index (χ0n) is 13.8. The smallest absolute Gasteiger partial charge is 0.208 e. The molecule has 2 aromatic carbocycles. The number of nitrogens with two attached hydrogens (primary N) is 2. The highest BCUT2D eigenvalue weighted by Crippen LogP contribution is 2.25. The van der Waals surface area contributed by atoms with E-state index in [1.165, 1.54) is 0 Å². The summed E-state index contributed by atoms with van der Waals surface area (Å²) in [5, 5.41) is 23.0. The number of nitrogens with zero attached hydrogens (tertiary/aromatic N) is 1. The van der Waals surface area contributed by atoms with Crippen LogP contribution in [0.3, 0.4) is 0 Å².